The number of carbonyl (C=O) groups is 1. The highest BCUT2D eigenvalue weighted by Gasteiger charge is 2.15. The molecule has 0 radical (unpaired) electrons. The van der Waals surface area contributed by atoms with E-state index in [4.69, 9.17) is 0 Å². The van der Waals surface area contributed by atoms with Crippen LogP contribution in [0.3, 0.4) is 0 Å². The minimum absolute atomic E-state index is 0.0660. The lowest BCUT2D eigenvalue weighted by Crippen LogP contribution is -2.27. The largest absolute Gasteiger partial charge is 0.369 e. The van der Waals surface area contributed by atoms with Gasteiger partial charge in [-0.2, -0.15) is 5.10 Å². The molecule has 3 rings (SSSR count). The molecule has 0 fully saturated rings. The van der Waals surface area contributed by atoms with Crippen molar-refractivity contribution in [2.45, 2.75) is 51.7 Å². The Balaban J connectivity index is 1.68. The van der Waals surface area contributed by atoms with Gasteiger partial charge < -0.3 is 10.6 Å². The number of anilines is 1. The maximum atomic E-state index is 12.5. The molecule has 1 amide bonds. The van der Waals surface area contributed by atoms with E-state index in [-0.39, 0.29) is 11.3 Å². The molecule has 2 heterocycles. The van der Waals surface area contributed by atoms with Crippen molar-refractivity contribution in [2.75, 3.05) is 24.7 Å². The Kier molecular flexibility index (Phi) is 7.20. The van der Waals surface area contributed by atoms with Crippen LogP contribution >= 0.6 is 11.8 Å². The molecule has 2 aromatic heterocycles. The summed E-state index contributed by atoms with van der Waals surface area (Å²) in [5.41, 5.74) is 2.70. The first kappa shape index (κ1) is 23.1. The number of nitrogens with zero attached hydrogens (tertiary/aromatic N) is 4. The van der Waals surface area contributed by atoms with Crippen molar-refractivity contribution in [2.24, 2.45) is 5.92 Å². The van der Waals surface area contributed by atoms with Gasteiger partial charge in [0.2, 0.25) is 0 Å². The molecule has 0 aliphatic heterocycles. The van der Waals surface area contributed by atoms with E-state index < -0.39 is 0 Å². The molecular weight excluding hydrogens is 408 g/mol. The van der Waals surface area contributed by atoms with Crippen LogP contribution in [0, 0.1) is 5.92 Å². The van der Waals surface area contributed by atoms with Crippen molar-refractivity contribution in [3.05, 3.63) is 41.6 Å². The van der Waals surface area contributed by atoms with E-state index in [0.29, 0.717) is 29.7 Å². The second-order valence-electron chi connectivity index (χ2n) is 9.02. The lowest BCUT2D eigenvalue weighted by atomic mass is 9.87. The van der Waals surface area contributed by atoms with Gasteiger partial charge in [0, 0.05) is 18.7 Å². The summed E-state index contributed by atoms with van der Waals surface area (Å²) < 4.78 is 1.82. The van der Waals surface area contributed by atoms with Gasteiger partial charge in [-0.25, -0.2) is 14.6 Å². The van der Waals surface area contributed by atoms with Crippen LogP contribution in [0.25, 0.3) is 11.0 Å². The van der Waals surface area contributed by atoms with Crippen molar-refractivity contribution in [1.82, 2.24) is 25.1 Å². The van der Waals surface area contributed by atoms with Crippen molar-refractivity contribution < 1.29 is 4.79 Å². The van der Waals surface area contributed by atoms with Crippen LogP contribution in [0.15, 0.2) is 35.6 Å². The van der Waals surface area contributed by atoms with Gasteiger partial charge in [-0.05, 0) is 35.3 Å². The van der Waals surface area contributed by atoms with Crippen LogP contribution in [-0.4, -0.2) is 45.0 Å². The van der Waals surface area contributed by atoms with Crippen LogP contribution in [-0.2, 0) is 12.0 Å². The molecule has 31 heavy (non-hydrogen) atoms. The standard InChI is InChI=1S/C23H32N6OS/c1-15(2)13-25-19-18-14-26-29(20(18)28-22(27-19)31-6)12-11-24-21(30)16-7-9-17(10-8-16)23(3,4)5/h7-10,14-15H,11-13H2,1-6H3,(H,24,30)(H,25,27,28). The van der Waals surface area contributed by atoms with E-state index in [2.05, 4.69) is 60.3 Å². The summed E-state index contributed by atoms with van der Waals surface area (Å²) in [5, 5.41) is 12.4. The van der Waals surface area contributed by atoms with Crippen molar-refractivity contribution in [3.63, 3.8) is 0 Å². The van der Waals surface area contributed by atoms with Crippen molar-refractivity contribution in [1.29, 1.82) is 0 Å². The van der Waals surface area contributed by atoms with Gasteiger partial charge in [0.15, 0.2) is 10.8 Å². The third-order valence-corrected chi connectivity index (χ3v) is 5.51. The number of benzene rings is 1. The van der Waals surface area contributed by atoms with E-state index >= 15 is 0 Å². The Morgan fingerprint density at radius 2 is 1.87 bits per heavy atom. The van der Waals surface area contributed by atoms with Gasteiger partial charge in [0.25, 0.3) is 5.91 Å². The fourth-order valence-corrected chi connectivity index (χ4v) is 3.49. The molecule has 3 aromatic rings. The second-order valence-corrected chi connectivity index (χ2v) is 9.80. The predicted octanol–water partition coefficient (Wildman–Crippen LogP) is 4.34. The number of fused-ring (bicyclic) bond motifs is 1. The summed E-state index contributed by atoms with van der Waals surface area (Å²) in [5.74, 6) is 1.22. The molecule has 0 saturated heterocycles. The molecule has 0 spiro atoms. The smallest absolute Gasteiger partial charge is 0.251 e. The third-order valence-electron chi connectivity index (χ3n) is 4.96. The summed E-state index contributed by atoms with van der Waals surface area (Å²) in [4.78, 5) is 21.7. The first-order chi connectivity index (χ1) is 14.7. The lowest BCUT2D eigenvalue weighted by molar-refractivity contribution is 0.0952. The number of nitrogens with one attached hydrogen (secondary N) is 2. The molecular formula is C23H32N6OS. The van der Waals surface area contributed by atoms with Crippen molar-refractivity contribution >= 4 is 34.5 Å². The number of rotatable bonds is 8. The minimum Gasteiger partial charge on any atom is -0.369 e. The van der Waals surface area contributed by atoms with Gasteiger partial charge >= 0.3 is 0 Å². The van der Waals surface area contributed by atoms with Gasteiger partial charge in [-0.3, -0.25) is 4.79 Å². The zero-order valence-corrected chi connectivity index (χ0v) is 20.0. The van der Waals surface area contributed by atoms with Crippen LogP contribution in [0.4, 0.5) is 5.82 Å². The first-order valence-electron chi connectivity index (χ1n) is 10.6. The quantitative estimate of drug-likeness (QED) is 0.400. The highest BCUT2D eigenvalue weighted by Crippen LogP contribution is 2.24. The number of aromatic nitrogens is 4. The summed E-state index contributed by atoms with van der Waals surface area (Å²) in [6.45, 7) is 12.6. The Morgan fingerprint density at radius 3 is 2.48 bits per heavy atom. The van der Waals surface area contributed by atoms with Gasteiger partial charge in [0.05, 0.1) is 18.1 Å². The Labute approximate surface area is 188 Å². The van der Waals surface area contributed by atoms with Crippen LogP contribution in [0.5, 0.6) is 0 Å². The number of hydrogen-bond donors (Lipinski definition) is 2. The number of thioether (sulfide) groups is 1. The average Bonchev–Trinajstić information content (AvgIpc) is 3.14. The minimum atomic E-state index is -0.0874. The van der Waals surface area contributed by atoms with Gasteiger partial charge in [-0.1, -0.05) is 58.5 Å². The second kappa shape index (κ2) is 9.68. The summed E-state index contributed by atoms with van der Waals surface area (Å²) in [6.07, 6.45) is 3.74. The fraction of sp³-hybridized carbons (Fsp3) is 0.478. The summed E-state index contributed by atoms with van der Waals surface area (Å²) >= 11 is 1.50. The summed E-state index contributed by atoms with van der Waals surface area (Å²) in [6, 6.07) is 7.79. The number of carbonyl (C=O) groups excluding carboxylic acids is 1. The molecule has 1 aromatic carbocycles. The molecule has 8 heteroatoms. The highest BCUT2D eigenvalue weighted by molar-refractivity contribution is 7.98. The van der Waals surface area contributed by atoms with Crippen LogP contribution in [0.2, 0.25) is 0 Å². The van der Waals surface area contributed by atoms with Crippen molar-refractivity contribution in [3.8, 4) is 0 Å². The van der Waals surface area contributed by atoms with Gasteiger partial charge in [-0.15, -0.1) is 0 Å². The zero-order valence-electron chi connectivity index (χ0n) is 19.2. The van der Waals surface area contributed by atoms with E-state index in [1.165, 1.54) is 17.3 Å². The number of hydrogen-bond acceptors (Lipinski definition) is 6. The predicted molar refractivity (Wildman–Crippen MR) is 128 cm³/mol. The topological polar surface area (TPSA) is 84.7 Å². The molecule has 166 valence electrons. The van der Waals surface area contributed by atoms with Gasteiger partial charge in [0.1, 0.15) is 5.82 Å². The normalized spacial score (nSPS) is 11.8. The summed E-state index contributed by atoms with van der Waals surface area (Å²) in [7, 11) is 0. The highest BCUT2D eigenvalue weighted by atomic mass is 32.2. The Morgan fingerprint density at radius 1 is 1.16 bits per heavy atom. The lowest BCUT2D eigenvalue weighted by Gasteiger charge is -2.19. The SMILES string of the molecule is CSc1nc(NCC(C)C)c2cnn(CCNC(=O)c3ccc(C(C)(C)C)cc3)c2n1. The molecule has 0 bridgehead atoms. The third kappa shape index (κ3) is 5.76. The Bertz CT molecular complexity index is 1040. The molecule has 2 N–H and O–H groups in total. The molecule has 7 nitrogen and oxygen atoms in total. The molecule has 0 atom stereocenters. The first-order valence-corrected chi connectivity index (χ1v) is 11.8. The fourth-order valence-electron chi connectivity index (χ4n) is 3.12. The van der Waals surface area contributed by atoms with E-state index in [1.54, 1.807) is 6.20 Å². The zero-order chi connectivity index (χ0) is 22.6. The molecule has 0 unspecified atom stereocenters. The van der Waals surface area contributed by atoms with Crippen LogP contribution in [0.1, 0.15) is 50.5 Å². The van der Waals surface area contributed by atoms with E-state index in [9.17, 15) is 4.79 Å². The van der Waals surface area contributed by atoms with E-state index in [1.807, 2.05) is 35.2 Å². The monoisotopic (exact) mass is 440 g/mol. The maximum absolute atomic E-state index is 12.5. The molecule has 0 saturated carbocycles. The number of amides is 1. The van der Waals surface area contributed by atoms with Crippen LogP contribution < -0.4 is 10.6 Å². The Hall–Kier alpha value is -2.61. The average molecular weight is 441 g/mol. The van der Waals surface area contributed by atoms with E-state index in [0.717, 1.165) is 23.4 Å². The maximum Gasteiger partial charge on any atom is 0.251 e. The molecule has 0 aliphatic rings. The molecule has 0 aliphatic carbocycles.